The van der Waals surface area contributed by atoms with Gasteiger partial charge in [-0.15, -0.1) is 0 Å². The van der Waals surface area contributed by atoms with Gasteiger partial charge in [-0.1, -0.05) is 0 Å². The van der Waals surface area contributed by atoms with Crippen LogP contribution in [0.3, 0.4) is 0 Å². The number of hydrogen-bond donors (Lipinski definition) is 2. The fourth-order valence-corrected chi connectivity index (χ4v) is 2.59. The molecule has 0 aromatic heterocycles. The topological polar surface area (TPSA) is 50.4 Å². The van der Waals surface area contributed by atoms with E-state index in [1.807, 2.05) is 20.8 Å². The molecule has 2 saturated heterocycles. The molecule has 0 aromatic carbocycles. The van der Waals surface area contributed by atoms with Gasteiger partial charge >= 0.3 is 6.09 Å². The smallest absolute Gasteiger partial charge is 0.407 e. The van der Waals surface area contributed by atoms with Crippen molar-refractivity contribution in [1.82, 2.24) is 10.6 Å². The monoisotopic (exact) mass is 226 g/mol. The van der Waals surface area contributed by atoms with Gasteiger partial charge in [0.15, 0.2) is 0 Å². The predicted octanol–water partition coefficient (Wildman–Crippen LogP) is 1.79. The van der Waals surface area contributed by atoms with E-state index in [-0.39, 0.29) is 17.7 Å². The van der Waals surface area contributed by atoms with Crippen molar-refractivity contribution in [2.45, 2.75) is 70.2 Å². The summed E-state index contributed by atoms with van der Waals surface area (Å²) in [6, 6.07) is 1.12. The molecule has 2 fully saturated rings. The van der Waals surface area contributed by atoms with Gasteiger partial charge in [0, 0.05) is 17.6 Å². The van der Waals surface area contributed by atoms with Crippen LogP contribution in [0.15, 0.2) is 0 Å². The fourth-order valence-electron chi connectivity index (χ4n) is 2.59. The summed E-state index contributed by atoms with van der Waals surface area (Å²) in [5, 5.41) is 6.36. The van der Waals surface area contributed by atoms with Crippen LogP contribution >= 0.6 is 0 Å². The highest BCUT2D eigenvalue weighted by Crippen LogP contribution is 2.28. The molecule has 92 valence electrons. The van der Waals surface area contributed by atoms with Crippen LogP contribution in [0.2, 0.25) is 0 Å². The molecule has 1 amide bonds. The van der Waals surface area contributed by atoms with Crippen molar-refractivity contribution in [3.8, 4) is 0 Å². The first-order chi connectivity index (χ1) is 7.42. The summed E-state index contributed by atoms with van der Waals surface area (Å²) in [6.07, 6.45) is 4.21. The van der Waals surface area contributed by atoms with E-state index in [0.717, 1.165) is 12.8 Å². The molecule has 0 radical (unpaired) electrons. The first-order valence-corrected chi connectivity index (χ1v) is 6.17. The van der Waals surface area contributed by atoms with E-state index in [9.17, 15) is 4.79 Å². The summed E-state index contributed by atoms with van der Waals surface area (Å²) in [5.74, 6) is 0. The Balaban J connectivity index is 1.79. The van der Waals surface area contributed by atoms with E-state index >= 15 is 0 Å². The van der Waals surface area contributed by atoms with Crippen molar-refractivity contribution in [3.05, 3.63) is 0 Å². The Kier molecular flexibility index (Phi) is 3.10. The predicted molar refractivity (Wildman–Crippen MR) is 62.3 cm³/mol. The van der Waals surface area contributed by atoms with Gasteiger partial charge in [0.25, 0.3) is 0 Å². The Labute approximate surface area is 97.1 Å². The first-order valence-electron chi connectivity index (χ1n) is 6.17. The second-order valence-corrected chi connectivity index (χ2v) is 6.01. The molecule has 0 aliphatic carbocycles. The molecule has 0 aromatic rings. The number of piperidine rings is 1. The molecule has 0 saturated carbocycles. The zero-order valence-electron chi connectivity index (χ0n) is 10.4. The molecule has 4 heteroatoms. The molecule has 2 aliphatic rings. The number of carbonyl (C=O) groups is 1. The van der Waals surface area contributed by atoms with Gasteiger partial charge < -0.3 is 15.4 Å². The quantitative estimate of drug-likeness (QED) is 0.716. The maximum Gasteiger partial charge on any atom is 0.407 e. The molecule has 2 aliphatic heterocycles. The van der Waals surface area contributed by atoms with E-state index in [1.54, 1.807) is 0 Å². The summed E-state index contributed by atoms with van der Waals surface area (Å²) < 4.78 is 5.46. The molecular weight excluding hydrogens is 204 g/mol. The molecule has 0 spiro atoms. The van der Waals surface area contributed by atoms with Gasteiger partial charge in [0.2, 0.25) is 0 Å². The fraction of sp³-hybridized carbons (Fsp3) is 0.917. The highest BCUT2D eigenvalue weighted by atomic mass is 16.6. The summed E-state index contributed by atoms with van der Waals surface area (Å²) >= 11 is 0. The number of amides is 1. The average molecular weight is 226 g/mol. The lowest BCUT2D eigenvalue weighted by Crippen LogP contribution is -2.46. The molecule has 2 unspecified atom stereocenters. The van der Waals surface area contributed by atoms with Crippen LogP contribution < -0.4 is 10.6 Å². The van der Waals surface area contributed by atoms with Gasteiger partial charge in [0.05, 0.1) is 0 Å². The molecular formula is C12H22N2O2. The van der Waals surface area contributed by atoms with Crippen LogP contribution in [0, 0.1) is 0 Å². The highest BCUT2D eigenvalue weighted by Gasteiger charge is 2.35. The van der Waals surface area contributed by atoms with Gasteiger partial charge in [-0.3, -0.25) is 0 Å². The maximum atomic E-state index is 11.6. The number of alkyl carbamates (subject to hydrolysis) is 1. The standard InChI is InChI=1S/C12H22N2O2/c1-12(2,3)14-11(15)16-10-6-8-4-5-9(7-10)13-8/h8-10,13H,4-7H2,1-3H3,(H,14,15). The Hall–Kier alpha value is -0.770. The van der Waals surface area contributed by atoms with E-state index in [4.69, 9.17) is 4.74 Å². The van der Waals surface area contributed by atoms with E-state index in [0.29, 0.717) is 12.1 Å². The minimum absolute atomic E-state index is 0.0982. The molecule has 4 nitrogen and oxygen atoms in total. The van der Waals surface area contributed by atoms with Gasteiger partial charge in [-0.2, -0.15) is 0 Å². The van der Waals surface area contributed by atoms with Crippen LogP contribution in [-0.2, 0) is 4.74 Å². The minimum Gasteiger partial charge on any atom is -0.446 e. The molecule has 2 bridgehead atoms. The summed E-state index contributed by atoms with van der Waals surface area (Å²) in [6.45, 7) is 5.88. The second kappa shape index (κ2) is 4.24. The number of rotatable bonds is 1. The van der Waals surface area contributed by atoms with Gasteiger partial charge in [-0.25, -0.2) is 4.79 Å². The SMILES string of the molecule is CC(C)(C)NC(=O)OC1CC2CCC(C1)N2. The third-order valence-corrected chi connectivity index (χ3v) is 3.18. The van der Waals surface area contributed by atoms with Crippen molar-refractivity contribution in [3.63, 3.8) is 0 Å². The van der Waals surface area contributed by atoms with Crippen molar-refractivity contribution in [2.24, 2.45) is 0 Å². The second-order valence-electron chi connectivity index (χ2n) is 6.01. The lowest BCUT2D eigenvalue weighted by molar-refractivity contribution is 0.0625. The first kappa shape index (κ1) is 11.7. The third kappa shape index (κ3) is 3.11. The summed E-state index contributed by atoms with van der Waals surface area (Å²) in [4.78, 5) is 11.6. The number of nitrogens with one attached hydrogen (secondary N) is 2. The maximum absolute atomic E-state index is 11.6. The number of carbonyl (C=O) groups excluding carboxylic acids is 1. The van der Waals surface area contributed by atoms with Crippen LogP contribution in [0.1, 0.15) is 46.5 Å². The number of ether oxygens (including phenoxy) is 1. The zero-order valence-corrected chi connectivity index (χ0v) is 10.4. The van der Waals surface area contributed by atoms with Crippen LogP contribution in [0.4, 0.5) is 4.79 Å². The molecule has 2 heterocycles. The number of hydrogen-bond acceptors (Lipinski definition) is 3. The average Bonchev–Trinajstić information content (AvgIpc) is 2.42. The van der Waals surface area contributed by atoms with Crippen molar-refractivity contribution < 1.29 is 9.53 Å². The van der Waals surface area contributed by atoms with Crippen LogP contribution in [0.5, 0.6) is 0 Å². The van der Waals surface area contributed by atoms with Gasteiger partial charge in [-0.05, 0) is 46.5 Å². The molecule has 16 heavy (non-hydrogen) atoms. The molecule has 2 rings (SSSR count). The molecule has 2 N–H and O–H groups in total. The summed E-state index contributed by atoms with van der Waals surface area (Å²) in [7, 11) is 0. The van der Waals surface area contributed by atoms with Crippen LogP contribution in [0.25, 0.3) is 0 Å². The lowest BCUT2D eigenvalue weighted by Gasteiger charge is -2.30. The van der Waals surface area contributed by atoms with Crippen molar-refractivity contribution >= 4 is 6.09 Å². The Morgan fingerprint density at radius 1 is 1.25 bits per heavy atom. The van der Waals surface area contributed by atoms with E-state index < -0.39 is 0 Å². The third-order valence-electron chi connectivity index (χ3n) is 3.18. The highest BCUT2D eigenvalue weighted by molar-refractivity contribution is 5.68. The zero-order chi connectivity index (χ0) is 11.8. The Bertz CT molecular complexity index is 261. The largest absolute Gasteiger partial charge is 0.446 e. The van der Waals surface area contributed by atoms with E-state index in [1.165, 1.54) is 12.8 Å². The minimum atomic E-state index is -0.279. The Morgan fingerprint density at radius 2 is 1.81 bits per heavy atom. The Morgan fingerprint density at radius 3 is 2.31 bits per heavy atom. The molecule has 2 atom stereocenters. The van der Waals surface area contributed by atoms with Gasteiger partial charge in [0.1, 0.15) is 6.10 Å². The number of fused-ring (bicyclic) bond motifs is 2. The summed E-state index contributed by atoms with van der Waals surface area (Å²) in [5.41, 5.74) is -0.219. The van der Waals surface area contributed by atoms with E-state index in [2.05, 4.69) is 10.6 Å². The van der Waals surface area contributed by atoms with Crippen molar-refractivity contribution in [1.29, 1.82) is 0 Å². The van der Waals surface area contributed by atoms with Crippen LogP contribution in [-0.4, -0.2) is 29.8 Å². The normalized spacial score (nSPS) is 33.6. The lowest BCUT2D eigenvalue weighted by atomic mass is 10.0. The van der Waals surface area contributed by atoms with Crippen molar-refractivity contribution in [2.75, 3.05) is 0 Å².